The lowest BCUT2D eigenvalue weighted by molar-refractivity contribution is -0.124. The molecule has 4 rings (SSSR count). The van der Waals surface area contributed by atoms with Crippen molar-refractivity contribution in [1.29, 1.82) is 5.26 Å². The van der Waals surface area contributed by atoms with Gasteiger partial charge in [-0.3, -0.25) is 9.59 Å². The first-order chi connectivity index (χ1) is 15.6. The predicted molar refractivity (Wildman–Crippen MR) is 124 cm³/mol. The van der Waals surface area contributed by atoms with E-state index in [1.54, 1.807) is 50.2 Å². The Kier molecular flexibility index (Phi) is 5.99. The van der Waals surface area contributed by atoms with Crippen molar-refractivity contribution in [3.63, 3.8) is 0 Å². The van der Waals surface area contributed by atoms with Crippen LogP contribution in [-0.2, 0) is 25.0 Å². The van der Waals surface area contributed by atoms with Gasteiger partial charge in [0.05, 0.1) is 21.9 Å². The van der Waals surface area contributed by atoms with E-state index in [1.807, 2.05) is 6.07 Å². The van der Waals surface area contributed by atoms with Gasteiger partial charge in [-0.1, -0.05) is 6.42 Å². The lowest BCUT2D eigenvalue weighted by Crippen LogP contribution is -2.40. The molecule has 0 saturated carbocycles. The van der Waals surface area contributed by atoms with E-state index in [-0.39, 0.29) is 23.3 Å². The Balaban J connectivity index is 1.58. The highest BCUT2D eigenvalue weighted by atomic mass is 32.2. The molecule has 2 heterocycles. The summed E-state index contributed by atoms with van der Waals surface area (Å²) in [7, 11) is -3.64. The average molecular weight is 467 g/mol. The molecule has 0 aliphatic carbocycles. The lowest BCUT2D eigenvalue weighted by Gasteiger charge is -2.26. The van der Waals surface area contributed by atoms with Gasteiger partial charge < -0.3 is 10.2 Å². The van der Waals surface area contributed by atoms with Crippen molar-refractivity contribution in [3.8, 4) is 6.07 Å². The van der Waals surface area contributed by atoms with Crippen LogP contribution in [0.5, 0.6) is 0 Å². The molecule has 0 bridgehead atoms. The molecule has 0 unspecified atom stereocenters. The molecule has 0 radical (unpaired) electrons. The Morgan fingerprint density at radius 1 is 1.09 bits per heavy atom. The molecular formula is C24H26N4O4S. The summed E-state index contributed by atoms with van der Waals surface area (Å²) in [5.41, 5.74) is 1.17. The summed E-state index contributed by atoms with van der Waals surface area (Å²) >= 11 is 0. The summed E-state index contributed by atoms with van der Waals surface area (Å²) < 4.78 is 27.8. The molecule has 2 aliphatic rings. The lowest BCUT2D eigenvalue weighted by atomic mass is 9.86. The van der Waals surface area contributed by atoms with Gasteiger partial charge in [0, 0.05) is 24.5 Å². The molecule has 2 aromatic carbocycles. The van der Waals surface area contributed by atoms with Crippen molar-refractivity contribution >= 4 is 33.2 Å². The fourth-order valence-corrected chi connectivity index (χ4v) is 5.90. The molecule has 1 N–H and O–H groups in total. The molecule has 2 aromatic rings. The number of hydrogen-bond acceptors (Lipinski definition) is 5. The van der Waals surface area contributed by atoms with Crippen LogP contribution < -0.4 is 10.2 Å². The van der Waals surface area contributed by atoms with Crippen molar-refractivity contribution in [2.75, 3.05) is 29.9 Å². The Bertz CT molecular complexity index is 1240. The molecule has 1 fully saturated rings. The minimum Gasteiger partial charge on any atom is -0.325 e. The van der Waals surface area contributed by atoms with Gasteiger partial charge in [0.1, 0.15) is 6.54 Å². The van der Waals surface area contributed by atoms with Gasteiger partial charge in [-0.2, -0.15) is 9.57 Å². The van der Waals surface area contributed by atoms with Crippen LogP contribution >= 0.6 is 0 Å². The normalized spacial score (nSPS) is 18.0. The number of piperidine rings is 1. The number of amides is 2. The third-order valence-electron chi connectivity index (χ3n) is 6.26. The number of anilines is 2. The summed E-state index contributed by atoms with van der Waals surface area (Å²) in [5.74, 6) is -0.651. The molecule has 0 spiro atoms. The van der Waals surface area contributed by atoms with Gasteiger partial charge in [0.25, 0.3) is 0 Å². The van der Waals surface area contributed by atoms with Crippen LogP contribution in [0.15, 0.2) is 47.4 Å². The monoisotopic (exact) mass is 466 g/mol. The number of rotatable bonds is 5. The molecule has 1 saturated heterocycles. The molecule has 2 aliphatic heterocycles. The second-order valence-electron chi connectivity index (χ2n) is 8.90. The SMILES string of the molecule is CC1(C)C(=O)N(CC(=O)Nc2ccc(C#N)cc2)c2ccc(S(=O)(=O)N3CCCCC3)cc21. The van der Waals surface area contributed by atoms with E-state index in [1.165, 1.54) is 15.3 Å². The van der Waals surface area contributed by atoms with E-state index < -0.39 is 15.4 Å². The fourth-order valence-electron chi connectivity index (χ4n) is 4.36. The summed E-state index contributed by atoms with van der Waals surface area (Å²) in [4.78, 5) is 27.4. The van der Waals surface area contributed by atoms with Gasteiger partial charge >= 0.3 is 0 Å². The zero-order valence-corrected chi connectivity index (χ0v) is 19.5. The third kappa shape index (κ3) is 4.24. The number of carbonyl (C=O) groups is 2. The largest absolute Gasteiger partial charge is 0.325 e. The Hall–Kier alpha value is -3.22. The van der Waals surface area contributed by atoms with E-state index in [2.05, 4.69) is 5.32 Å². The second kappa shape index (κ2) is 8.61. The van der Waals surface area contributed by atoms with Crippen LogP contribution in [0, 0.1) is 11.3 Å². The average Bonchev–Trinajstić information content (AvgIpc) is 3.00. The predicted octanol–water partition coefficient (Wildman–Crippen LogP) is 3.00. The zero-order chi connectivity index (χ0) is 23.8. The highest BCUT2D eigenvalue weighted by Gasteiger charge is 2.45. The highest BCUT2D eigenvalue weighted by molar-refractivity contribution is 7.89. The van der Waals surface area contributed by atoms with E-state index >= 15 is 0 Å². The summed E-state index contributed by atoms with van der Waals surface area (Å²) in [6.07, 6.45) is 2.71. The van der Waals surface area contributed by atoms with E-state index in [4.69, 9.17) is 5.26 Å². The van der Waals surface area contributed by atoms with Gasteiger partial charge in [-0.05, 0) is 74.7 Å². The number of nitrogens with one attached hydrogen (secondary N) is 1. The van der Waals surface area contributed by atoms with Crippen molar-refractivity contribution in [2.45, 2.75) is 43.4 Å². The first-order valence-electron chi connectivity index (χ1n) is 10.9. The van der Waals surface area contributed by atoms with E-state index in [9.17, 15) is 18.0 Å². The van der Waals surface area contributed by atoms with Crippen molar-refractivity contribution in [3.05, 3.63) is 53.6 Å². The molecular weight excluding hydrogens is 440 g/mol. The van der Waals surface area contributed by atoms with Gasteiger partial charge in [0.15, 0.2) is 0 Å². The zero-order valence-electron chi connectivity index (χ0n) is 18.7. The van der Waals surface area contributed by atoms with Crippen LogP contribution in [0.3, 0.4) is 0 Å². The van der Waals surface area contributed by atoms with Crippen LogP contribution in [0.2, 0.25) is 0 Å². The van der Waals surface area contributed by atoms with Gasteiger partial charge in [-0.15, -0.1) is 0 Å². The Morgan fingerprint density at radius 2 is 1.76 bits per heavy atom. The molecule has 8 nitrogen and oxygen atoms in total. The highest BCUT2D eigenvalue weighted by Crippen LogP contribution is 2.42. The first kappa shape index (κ1) is 23.0. The maximum Gasteiger partial charge on any atom is 0.244 e. The van der Waals surface area contributed by atoms with Crippen molar-refractivity contribution in [2.24, 2.45) is 0 Å². The third-order valence-corrected chi connectivity index (χ3v) is 8.16. The number of carbonyl (C=O) groups excluding carboxylic acids is 2. The summed E-state index contributed by atoms with van der Waals surface area (Å²) in [6, 6.07) is 13.2. The molecule has 172 valence electrons. The minimum atomic E-state index is -3.64. The molecule has 33 heavy (non-hydrogen) atoms. The number of hydrogen-bond donors (Lipinski definition) is 1. The number of benzene rings is 2. The molecule has 2 amide bonds. The number of fused-ring (bicyclic) bond motifs is 1. The number of sulfonamides is 1. The molecule has 0 aromatic heterocycles. The Morgan fingerprint density at radius 3 is 2.39 bits per heavy atom. The second-order valence-corrected chi connectivity index (χ2v) is 10.8. The standard InChI is InChI=1S/C24H26N4O4S/c1-24(2)20-14-19(33(31,32)27-12-4-3-5-13-27)10-11-21(20)28(23(24)30)16-22(29)26-18-8-6-17(15-25)7-9-18/h6-11,14H,3-5,12-13,16H2,1-2H3,(H,26,29). The van der Waals surface area contributed by atoms with Crippen LogP contribution in [0.25, 0.3) is 0 Å². The first-order valence-corrected chi connectivity index (χ1v) is 12.4. The quantitative estimate of drug-likeness (QED) is 0.728. The molecule has 0 atom stereocenters. The Labute approximate surface area is 193 Å². The van der Waals surface area contributed by atoms with Crippen LogP contribution in [0.1, 0.15) is 44.2 Å². The summed E-state index contributed by atoms with van der Waals surface area (Å²) in [5, 5.41) is 11.6. The maximum absolute atomic E-state index is 13.2. The van der Waals surface area contributed by atoms with Gasteiger partial charge in [0.2, 0.25) is 21.8 Å². The van der Waals surface area contributed by atoms with Crippen molar-refractivity contribution in [1.82, 2.24) is 4.31 Å². The van der Waals surface area contributed by atoms with Crippen LogP contribution in [0.4, 0.5) is 11.4 Å². The maximum atomic E-state index is 13.2. The smallest absolute Gasteiger partial charge is 0.244 e. The van der Waals surface area contributed by atoms with E-state index in [0.29, 0.717) is 35.6 Å². The topological polar surface area (TPSA) is 111 Å². The molecule has 9 heteroatoms. The fraction of sp³-hybridized carbons (Fsp3) is 0.375. The minimum absolute atomic E-state index is 0.174. The summed E-state index contributed by atoms with van der Waals surface area (Å²) in [6.45, 7) is 4.29. The van der Waals surface area contributed by atoms with Crippen molar-refractivity contribution < 1.29 is 18.0 Å². The number of nitriles is 1. The van der Waals surface area contributed by atoms with Gasteiger partial charge in [-0.25, -0.2) is 8.42 Å². The number of nitrogens with zero attached hydrogens (tertiary/aromatic N) is 3. The van der Waals surface area contributed by atoms with Crippen LogP contribution in [-0.4, -0.2) is 44.2 Å². The van der Waals surface area contributed by atoms with E-state index in [0.717, 1.165) is 19.3 Å².